The van der Waals surface area contributed by atoms with Crippen LogP contribution in [-0.4, -0.2) is 45.5 Å². The van der Waals surface area contributed by atoms with E-state index in [-0.39, 0.29) is 12.1 Å². The van der Waals surface area contributed by atoms with Gasteiger partial charge in [0, 0.05) is 36.7 Å². The van der Waals surface area contributed by atoms with Crippen LogP contribution in [0.15, 0.2) is 36.8 Å². The van der Waals surface area contributed by atoms with Crippen LogP contribution in [0.5, 0.6) is 0 Å². The van der Waals surface area contributed by atoms with E-state index in [2.05, 4.69) is 30.8 Å². The molecule has 1 atom stereocenters. The number of urea groups is 1. The summed E-state index contributed by atoms with van der Waals surface area (Å²) in [5.41, 5.74) is 3.31. The fourth-order valence-electron chi connectivity index (χ4n) is 2.82. The van der Waals surface area contributed by atoms with Gasteiger partial charge < -0.3 is 10.1 Å². The standard InChI is InChI=1S/C17H18N6O2/c24-17(19-10-13-2-1-5-25-13)23-16-4-3-14-15(22-16)6-11(7-18-14)12-8-20-21-9-12/h3-4,6-9,13H,1-2,5,10H2,(H,20,21)(H2,19,22,23,24)/t13-/m1/s1. The van der Waals surface area contributed by atoms with Crippen molar-refractivity contribution in [2.75, 3.05) is 18.5 Å². The molecule has 0 aromatic carbocycles. The number of H-pyrrole nitrogens is 1. The van der Waals surface area contributed by atoms with Crippen molar-refractivity contribution >= 4 is 22.9 Å². The van der Waals surface area contributed by atoms with Gasteiger partial charge in [0.15, 0.2) is 0 Å². The average molecular weight is 338 g/mol. The molecule has 1 aliphatic rings. The van der Waals surface area contributed by atoms with Crippen LogP contribution in [0.3, 0.4) is 0 Å². The van der Waals surface area contributed by atoms with Crippen LogP contribution in [0.2, 0.25) is 0 Å². The zero-order chi connectivity index (χ0) is 17.1. The lowest BCUT2D eigenvalue weighted by Crippen LogP contribution is -2.35. The number of ether oxygens (including phenoxy) is 1. The van der Waals surface area contributed by atoms with Crippen LogP contribution in [0.4, 0.5) is 10.6 Å². The lowest BCUT2D eigenvalue weighted by atomic mass is 10.1. The van der Waals surface area contributed by atoms with Gasteiger partial charge in [0.05, 0.1) is 23.3 Å². The molecule has 3 aromatic heterocycles. The smallest absolute Gasteiger partial charge is 0.320 e. The summed E-state index contributed by atoms with van der Waals surface area (Å²) in [5, 5.41) is 12.3. The molecule has 128 valence electrons. The first kappa shape index (κ1) is 15.5. The third-order valence-electron chi connectivity index (χ3n) is 4.12. The van der Waals surface area contributed by atoms with Crippen molar-refractivity contribution in [3.05, 3.63) is 36.8 Å². The molecule has 0 radical (unpaired) electrons. The molecular weight excluding hydrogens is 320 g/mol. The third-order valence-corrected chi connectivity index (χ3v) is 4.12. The summed E-state index contributed by atoms with van der Waals surface area (Å²) in [4.78, 5) is 20.9. The zero-order valence-electron chi connectivity index (χ0n) is 13.5. The third kappa shape index (κ3) is 3.58. The van der Waals surface area contributed by atoms with Crippen LogP contribution in [0.25, 0.3) is 22.2 Å². The maximum absolute atomic E-state index is 12.0. The Kier molecular flexibility index (Phi) is 4.26. The van der Waals surface area contributed by atoms with Crippen LogP contribution in [-0.2, 0) is 4.74 Å². The maximum Gasteiger partial charge on any atom is 0.320 e. The Labute approximate surface area is 144 Å². The van der Waals surface area contributed by atoms with Crippen molar-refractivity contribution in [2.45, 2.75) is 18.9 Å². The van der Waals surface area contributed by atoms with Crippen molar-refractivity contribution in [3.8, 4) is 11.1 Å². The van der Waals surface area contributed by atoms with Gasteiger partial charge in [-0.25, -0.2) is 9.78 Å². The van der Waals surface area contributed by atoms with Gasteiger partial charge in [-0.3, -0.25) is 15.4 Å². The van der Waals surface area contributed by atoms with E-state index >= 15 is 0 Å². The molecule has 2 amide bonds. The molecule has 3 aromatic rings. The number of hydrogen-bond acceptors (Lipinski definition) is 5. The summed E-state index contributed by atoms with van der Waals surface area (Å²) in [7, 11) is 0. The van der Waals surface area contributed by atoms with Gasteiger partial charge in [-0.15, -0.1) is 0 Å². The first-order valence-corrected chi connectivity index (χ1v) is 8.20. The Morgan fingerprint density at radius 1 is 1.28 bits per heavy atom. The van der Waals surface area contributed by atoms with Crippen molar-refractivity contribution < 1.29 is 9.53 Å². The van der Waals surface area contributed by atoms with E-state index < -0.39 is 0 Å². The van der Waals surface area contributed by atoms with E-state index in [4.69, 9.17) is 4.74 Å². The number of amides is 2. The highest BCUT2D eigenvalue weighted by Gasteiger charge is 2.16. The fourth-order valence-corrected chi connectivity index (χ4v) is 2.82. The van der Waals surface area contributed by atoms with Crippen LogP contribution >= 0.6 is 0 Å². The molecule has 4 rings (SSSR count). The number of carbonyl (C=O) groups is 1. The molecule has 0 spiro atoms. The summed E-state index contributed by atoms with van der Waals surface area (Å²) in [5.74, 6) is 0.475. The van der Waals surface area contributed by atoms with Gasteiger partial charge in [-0.1, -0.05) is 0 Å². The number of anilines is 1. The number of aromatic amines is 1. The summed E-state index contributed by atoms with van der Waals surface area (Å²) < 4.78 is 5.49. The highest BCUT2D eigenvalue weighted by atomic mass is 16.5. The van der Waals surface area contributed by atoms with E-state index in [0.29, 0.717) is 17.9 Å². The minimum atomic E-state index is -0.290. The van der Waals surface area contributed by atoms with Crippen LogP contribution in [0, 0.1) is 0 Å². The monoisotopic (exact) mass is 338 g/mol. The van der Waals surface area contributed by atoms with Crippen molar-refractivity contribution in [1.29, 1.82) is 0 Å². The highest BCUT2D eigenvalue weighted by Crippen LogP contribution is 2.21. The van der Waals surface area contributed by atoms with E-state index in [0.717, 1.165) is 36.1 Å². The normalized spacial score (nSPS) is 16.9. The number of hydrogen-bond donors (Lipinski definition) is 3. The zero-order valence-corrected chi connectivity index (χ0v) is 13.5. The SMILES string of the molecule is O=C(NC[C@H]1CCCO1)Nc1ccc2ncc(-c3cn[nH]c3)cc2n1. The Morgan fingerprint density at radius 2 is 2.24 bits per heavy atom. The van der Waals surface area contributed by atoms with Crippen LogP contribution in [0.1, 0.15) is 12.8 Å². The fraction of sp³-hybridized carbons (Fsp3) is 0.294. The molecule has 0 saturated carbocycles. The Balaban J connectivity index is 1.46. The lowest BCUT2D eigenvalue weighted by molar-refractivity contribution is 0.112. The molecule has 4 heterocycles. The number of nitrogens with one attached hydrogen (secondary N) is 3. The average Bonchev–Trinajstić information content (AvgIpc) is 3.33. The van der Waals surface area contributed by atoms with Gasteiger partial charge in [0.25, 0.3) is 0 Å². The summed E-state index contributed by atoms with van der Waals surface area (Å²) >= 11 is 0. The number of aromatic nitrogens is 4. The number of rotatable bonds is 4. The molecule has 1 saturated heterocycles. The number of carbonyl (C=O) groups excluding carboxylic acids is 1. The van der Waals surface area contributed by atoms with E-state index in [1.165, 1.54) is 0 Å². The predicted molar refractivity (Wildman–Crippen MR) is 93.1 cm³/mol. The van der Waals surface area contributed by atoms with Crippen molar-refractivity contribution in [3.63, 3.8) is 0 Å². The lowest BCUT2D eigenvalue weighted by Gasteiger charge is -2.11. The van der Waals surface area contributed by atoms with Gasteiger partial charge in [-0.2, -0.15) is 5.10 Å². The van der Waals surface area contributed by atoms with E-state index in [1.807, 2.05) is 12.1 Å². The predicted octanol–water partition coefficient (Wildman–Crippen LogP) is 2.32. The highest BCUT2D eigenvalue weighted by molar-refractivity contribution is 5.90. The molecular formula is C17H18N6O2. The summed E-state index contributed by atoms with van der Waals surface area (Å²) in [6.45, 7) is 1.28. The largest absolute Gasteiger partial charge is 0.376 e. The minimum Gasteiger partial charge on any atom is -0.376 e. The Bertz CT molecular complexity index is 874. The summed E-state index contributed by atoms with van der Waals surface area (Å²) in [6.07, 6.45) is 7.43. The number of fused-ring (bicyclic) bond motifs is 1. The second kappa shape index (κ2) is 6.86. The van der Waals surface area contributed by atoms with Crippen molar-refractivity contribution in [2.24, 2.45) is 0 Å². The second-order valence-corrected chi connectivity index (χ2v) is 5.92. The molecule has 0 bridgehead atoms. The maximum atomic E-state index is 12.0. The molecule has 0 unspecified atom stereocenters. The topological polar surface area (TPSA) is 105 Å². The quantitative estimate of drug-likeness (QED) is 0.677. The summed E-state index contributed by atoms with van der Waals surface area (Å²) in [6, 6.07) is 5.19. The molecule has 1 fully saturated rings. The Morgan fingerprint density at radius 3 is 3.04 bits per heavy atom. The molecule has 8 nitrogen and oxygen atoms in total. The molecule has 0 aliphatic carbocycles. The second-order valence-electron chi connectivity index (χ2n) is 5.92. The number of pyridine rings is 2. The first-order valence-electron chi connectivity index (χ1n) is 8.20. The molecule has 3 N–H and O–H groups in total. The molecule has 1 aliphatic heterocycles. The minimum absolute atomic E-state index is 0.108. The van der Waals surface area contributed by atoms with E-state index in [9.17, 15) is 4.79 Å². The van der Waals surface area contributed by atoms with Gasteiger partial charge in [0.1, 0.15) is 5.82 Å². The first-order chi connectivity index (χ1) is 12.3. The van der Waals surface area contributed by atoms with Crippen molar-refractivity contribution in [1.82, 2.24) is 25.5 Å². The Hall–Kier alpha value is -3.00. The van der Waals surface area contributed by atoms with Gasteiger partial charge >= 0.3 is 6.03 Å². The van der Waals surface area contributed by atoms with E-state index in [1.54, 1.807) is 24.7 Å². The number of nitrogens with zero attached hydrogens (tertiary/aromatic N) is 3. The molecule has 8 heteroatoms. The van der Waals surface area contributed by atoms with Crippen LogP contribution < -0.4 is 10.6 Å². The molecule has 25 heavy (non-hydrogen) atoms. The van der Waals surface area contributed by atoms with Gasteiger partial charge in [-0.05, 0) is 31.0 Å². The van der Waals surface area contributed by atoms with Gasteiger partial charge in [0.2, 0.25) is 0 Å².